The minimum Gasteiger partial charge on any atom is -0.410 e. The van der Waals surface area contributed by atoms with Crippen LogP contribution in [-0.2, 0) is 4.79 Å². The molecule has 1 aromatic carbocycles. The minimum atomic E-state index is -0.400. The van der Waals surface area contributed by atoms with Gasteiger partial charge in [0.1, 0.15) is 5.82 Å². The number of aromatic nitrogens is 2. The van der Waals surface area contributed by atoms with Crippen LogP contribution >= 0.6 is 23.1 Å². The summed E-state index contributed by atoms with van der Waals surface area (Å²) in [6.45, 7) is 0. The van der Waals surface area contributed by atoms with E-state index in [1.807, 2.05) is 17.5 Å². The highest BCUT2D eigenvalue weighted by Crippen LogP contribution is 2.26. The van der Waals surface area contributed by atoms with E-state index < -0.39 is 5.82 Å². The molecule has 1 amide bonds. The van der Waals surface area contributed by atoms with E-state index in [-0.39, 0.29) is 11.7 Å². The molecule has 112 valence electrons. The second-order valence-electron chi connectivity index (χ2n) is 4.20. The van der Waals surface area contributed by atoms with Gasteiger partial charge in [0.05, 0.1) is 10.6 Å². The summed E-state index contributed by atoms with van der Waals surface area (Å²) in [5, 5.41) is 12.6. The SMILES string of the molecule is O=C(CSc1nnc(-c2cccs2)o1)Nc1cccc(F)c1. The standard InChI is InChI=1S/C14H10FN3O2S2/c15-9-3-1-4-10(7-9)16-12(19)8-22-14-18-17-13(20-14)11-5-2-6-21-11/h1-7H,8H2,(H,16,19). The molecule has 0 bridgehead atoms. The van der Waals surface area contributed by atoms with Gasteiger partial charge in [-0.1, -0.05) is 23.9 Å². The Kier molecular flexibility index (Phi) is 4.50. The lowest BCUT2D eigenvalue weighted by Crippen LogP contribution is -2.14. The average molecular weight is 335 g/mol. The molecule has 0 saturated carbocycles. The predicted molar refractivity (Wildman–Crippen MR) is 83.4 cm³/mol. The fraction of sp³-hybridized carbons (Fsp3) is 0.0714. The van der Waals surface area contributed by atoms with Crippen LogP contribution in [0.5, 0.6) is 0 Å². The Morgan fingerprint density at radius 2 is 2.23 bits per heavy atom. The van der Waals surface area contributed by atoms with Crippen LogP contribution in [0.4, 0.5) is 10.1 Å². The third-order valence-corrected chi connectivity index (χ3v) is 4.25. The number of rotatable bonds is 5. The van der Waals surface area contributed by atoms with Crippen LogP contribution in [0, 0.1) is 5.82 Å². The Morgan fingerprint density at radius 3 is 3.00 bits per heavy atom. The Bertz CT molecular complexity index is 774. The Hall–Kier alpha value is -2.19. The lowest BCUT2D eigenvalue weighted by atomic mass is 10.3. The number of nitrogens with zero attached hydrogens (tertiary/aromatic N) is 2. The topological polar surface area (TPSA) is 68.0 Å². The van der Waals surface area contributed by atoms with E-state index in [0.717, 1.165) is 16.6 Å². The van der Waals surface area contributed by atoms with Gasteiger partial charge in [-0.15, -0.1) is 21.5 Å². The van der Waals surface area contributed by atoms with E-state index >= 15 is 0 Å². The molecule has 0 spiro atoms. The van der Waals surface area contributed by atoms with Gasteiger partial charge < -0.3 is 9.73 Å². The molecule has 0 saturated heterocycles. The van der Waals surface area contributed by atoms with Crippen LogP contribution in [0.1, 0.15) is 0 Å². The first-order valence-electron chi connectivity index (χ1n) is 6.26. The number of benzene rings is 1. The van der Waals surface area contributed by atoms with Crippen molar-refractivity contribution in [2.24, 2.45) is 0 Å². The molecule has 3 rings (SSSR count). The van der Waals surface area contributed by atoms with E-state index in [0.29, 0.717) is 16.8 Å². The van der Waals surface area contributed by atoms with Crippen LogP contribution in [0.3, 0.4) is 0 Å². The molecule has 2 heterocycles. The van der Waals surface area contributed by atoms with E-state index in [9.17, 15) is 9.18 Å². The number of hydrogen-bond donors (Lipinski definition) is 1. The van der Waals surface area contributed by atoms with Crippen molar-refractivity contribution in [3.8, 4) is 10.8 Å². The summed E-state index contributed by atoms with van der Waals surface area (Å²) >= 11 is 2.63. The van der Waals surface area contributed by atoms with Gasteiger partial charge in [0.2, 0.25) is 5.91 Å². The number of carbonyl (C=O) groups is 1. The molecule has 0 radical (unpaired) electrons. The molecular formula is C14H10FN3O2S2. The molecule has 22 heavy (non-hydrogen) atoms. The van der Waals surface area contributed by atoms with Crippen molar-refractivity contribution in [2.75, 3.05) is 11.1 Å². The number of amides is 1. The van der Waals surface area contributed by atoms with E-state index in [1.165, 1.54) is 29.5 Å². The van der Waals surface area contributed by atoms with Crippen LogP contribution in [0.2, 0.25) is 0 Å². The number of carbonyl (C=O) groups excluding carboxylic acids is 1. The van der Waals surface area contributed by atoms with Crippen molar-refractivity contribution in [3.63, 3.8) is 0 Å². The zero-order valence-corrected chi connectivity index (χ0v) is 12.8. The van der Waals surface area contributed by atoms with Gasteiger partial charge in [0.15, 0.2) is 0 Å². The first kappa shape index (κ1) is 14.7. The Balaban J connectivity index is 1.55. The van der Waals surface area contributed by atoms with Crippen molar-refractivity contribution >= 4 is 34.7 Å². The first-order valence-corrected chi connectivity index (χ1v) is 8.13. The second-order valence-corrected chi connectivity index (χ2v) is 6.07. The molecule has 8 heteroatoms. The van der Waals surface area contributed by atoms with Gasteiger partial charge >= 0.3 is 0 Å². The molecule has 2 aromatic heterocycles. The maximum absolute atomic E-state index is 13.0. The van der Waals surface area contributed by atoms with E-state index in [4.69, 9.17) is 4.42 Å². The average Bonchev–Trinajstić information content (AvgIpc) is 3.16. The van der Waals surface area contributed by atoms with Crippen LogP contribution in [-0.4, -0.2) is 21.9 Å². The van der Waals surface area contributed by atoms with Gasteiger partial charge in [0, 0.05) is 5.69 Å². The lowest BCUT2D eigenvalue weighted by molar-refractivity contribution is -0.113. The van der Waals surface area contributed by atoms with Crippen molar-refractivity contribution in [3.05, 3.63) is 47.6 Å². The van der Waals surface area contributed by atoms with E-state index in [1.54, 1.807) is 6.07 Å². The highest BCUT2D eigenvalue weighted by atomic mass is 32.2. The third kappa shape index (κ3) is 3.71. The Morgan fingerprint density at radius 1 is 1.32 bits per heavy atom. The highest BCUT2D eigenvalue weighted by Gasteiger charge is 2.12. The molecule has 0 unspecified atom stereocenters. The largest absolute Gasteiger partial charge is 0.410 e. The maximum atomic E-state index is 13.0. The summed E-state index contributed by atoms with van der Waals surface area (Å²) in [4.78, 5) is 12.7. The Labute approximate surface area is 133 Å². The van der Waals surface area contributed by atoms with E-state index in [2.05, 4.69) is 15.5 Å². The zero-order chi connectivity index (χ0) is 15.4. The minimum absolute atomic E-state index is 0.0998. The molecule has 0 aliphatic rings. The normalized spacial score (nSPS) is 10.6. The fourth-order valence-corrected chi connectivity index (χ4v) is 2.87. The highest BCUT2D eigenvalue weighted by molar-refractivity contribution is 7.99. The van der Waals surface area contributed by atoms with Crippen LogP contribution < -0.4 is 5.32 Å². The molecule has 1 N–H and O–H groups in total. The zero-order valence-electron chi connectivity index (χ0n) is 11.2. The quantitative estimate of drug-likeness (QED) is 0.721. The third-order valence-electron chi connectivity index (χ3n) is 2.57. The summed E-state index contributed by atoms with van der Waals surface area (Å²) in [5.74, 6) is -0.139. The van der Waals surface area contributed by atoms with Gasteiger partial charge in [-0.05, 0) is 29.6 Å². The summed E-state index contributed by atoms with van der Waals surface area (Å²) < 4.78 is 18.5. The van der Waals surface area contributed by atoms with Crippen molar-refractivity contribution in [1.29, 1.82) is 0 Å². The van der Waals surface area contributed by atoms with Gasteiger partial charge in [-0.3, -0.25) is 4.79 Å². The van der Waals surface area contributed by atoms with Crippen molar-refractivity contribution in [1.82, 2.24) is 10.2 Å². The number of hydrogen-bond acceptors (Lipinski definition) is 6. The van der Waals surface area contributed by atoms with Crippen molar-refractivity contribution < 1.29 is 13.6 Å². The second kappa shape index (κ2) is 6.71. The molecule has 0 aliphatic carbocycles. The summed E-state index contributed by atoms with van der Waals surface area (Å²) in [6, 6.07) is 9.49. The molecule has 0 aliphatic heterocycles. The summed E-state index contributed by atoms with van der Waals surface area (Å²) in [7, 11) is 0. The fourth-order valence-electron chi connectivity index (χ4n) is 1.66. The van der Waals surface area contributed by atoms with Crippen LogP contribution in [0.25, 0.3) is 10.8 Å². The molecule has 0 fully saturated rings. The number of nitrogens with one attached hydrogen (secondary N) is 1. The number of anilines is 1. The van der Waals surface area contributed by atoms with Gasteiger partial charge in [-0.2, -0.15) is 0 Å². The molecular weight excluding hydrogens is 325 g/mol. The molecule has 3 aromatic rings. The number of halogens is 1. The van der Waals surface area contributed by atoms with Crippen molar-refractivity contribution in [2.45, 2.75) is 5.22 Å². The summed E-state index contributed by atoms with van der Waals surface area (Å²) in [5.41, 5.74) is 0.412. The smallest absolute Gasteiger partial charge is 0.277 e. The summed E-state index contributed by atoms with van der Waals surface area (Å²) in [6.07, 6.45) is 0. The maximum Gasteiger partial charge on any atom is 0.277 e. The monoisotopic (exact) mass is 335 g/mol. The number of thiophene rings is 1. The molecule has 0 atom stereocenters. The number of thioether (sulfide) groups is 1. The predicted octanol–water partition coefficient (Wildman–Crippen LogP) is 3.67. The first-order chi connectivity index (χ1) is 10.7. The van der Waals surface area contributed by atoms with Crippen LogP contribution in [0.15, 0.2) is 51.4 Å². The van der Waals surface area contributed by atoms with Gasteiger partial charge in [-0.25, -0.2) is 4.39 Å². The molecule has 5 nitrogen and oxygen atoms in total. The van der Waals surface area contributed by atoms with Gasteiger partial charge in [0.25, 0.3) is 11.1 Å². The lowest BCUT2D eigenvalue weighted by Gasteiger charge is -2.03.